The van der Waals surface area contributed by atoms with Crippen molar-refractivity contribution in [3.05, 3.63) is 52.2 Å². The zero-order chi connectivity index (χ0) is 15.3. The lowest BCUT2D eigenvalue weighted by atomic mass is 10.2. The van der Waals surface area contributed by atoms with Gasteiger partial charge in [0.05, 0.1) is 11.8 Å². The highest BCUT2D eigenvalue weighted by Crippen LogP contribution is 2.30. The number of hydrogen-bond donors (Lipinski definition) is 2. The fraction of sp³-hybridized carbons (Fsp3) is 0.0769. The summed E-state index contributed by atoms with van der Waals surface area (Å²) < 4.78 is 37.7. The van der Waals surface area contributed by atoms with Crippen molar-refractivity contribution in [1.82, 2.24) is 5.43 Å². The monoisotopic (exact) mass is 329 g/mol. The quantitative estimate of drug-likeness (QED) is 0.506. The summed E-state index contributed by atoms with van der Waals surface area (Å²) in [4.78, 5) is 0. The van der Waals surface area contributed by atoms with Gasteiger partial charge < -0.3 is 5.32 Å². The first kappa shape index (κ1) is 15.5. The van der Waals surface area contributed by atoms with Crippen LogP contribution in [0.1, 0.15) is 11.1 Å². The van der Waals surface area contributed by atoms with E-state index in [0.29, 0.717) is 0 Å². The number of benzene rings is 1. The average Bonchev–Trinajstić information content (AvgIpc) is 2.91. The Kier molecular flexibility index (Phi) is 4.92. The van der Waals surface area contributed by atoms with E-state index in [4.69, 9.17) is 12.2 Å². The van der Waals surface area contributed by atoms with Gasteiger partial charge in [-0.1, -0.05) is 6.07 Å². The number of rotatable bonds is 3. The van der Waals surface area contributed by atoms with Crippen molar-refractivity contribution >= 4 is 40.6 Å². The van der Waals surface area contributed by atoms with Crippen molar-refractivity contribution in [3.8, 4) is 0 Å². The lowest BCUT2D eigenvalue weighted by Crippen LogP contribution is -2.24. The zero-order valence-corrected chi connectivity index (χ0v) is 12.1. The number of nitrogens with zero attached hydrogens (tertiary/aromatic N) is 1. The Morgan fingerprint density at radius 3 is 2.76 bits per heavy atom. The third-order valence-corrected chi connectivity index (χ3v) is 3.27. The second kappa shape index (κ2) is 6.68. The number of halogens is 3. The number of thiophene rings is 1. The molecule has 8 heteroatoms. The molecule has 1 heterocycles. The van der Waals surface area contributed by atoms with Crippen LogP contribution in [0.2, 0.25) is 0 Å². The van der Waals surface area contributed by atoms with Gasteiger partial charge in [-0.2, -0.15) is 29.6 Å². The lowest BCUT2D eigenvalue weighted by molar-refractivity contribution is -0.137. The van der Waals surface area contributed by atoms with Gasteiger partial charge in [-0.3, -0.25) is 5.43 Å². The van der Waals surface area contributed by atoms with Gasteiger partial charge in [-0.15, -0.1) is 0 Å². The summed E-state index contributed by atoms with van der Waals surface area (Å²) >= 11 is 6.48. The third kappa shape index (κ3) is 4.83. The van der Waals surface area contributed by atoms with Gasteiger partial charge >= 0.3 is 6.18 Å². The lowest BCUT2D eigenvalue weighted by Gasteiger charge is -2.10. The van der Waals surface area contributed by atoms with Crippen LogP contribution in [0.15, 0.2) is 46.2 Å². The first-order chi connectivity index (χ1) is 9.95. The molecular formula is C13H10F3N3S2. The molecule has 0 aliphatic carbocycles. The molecule has 0 bridgehead atoms. The van der Waals surface area contributed by atoms with Gasteiger partial charge in [0.2, 0.25) is 0 Å². The van der Waals surface area contributed by atoms with Gasteiger partial charge in [-0.25, -0.2) is 0 Å². The topological polar surface area (TPSA) is 36.4 Å². The number of alkyl halides is 3. The van der Waals surface area contributed by atoms with Gasteiger partial charge in [0.1, 0.15) is 0 Å². The van der Waals surface area contributed by atoms with Crippen molar-refractivity contribution in [2.24, 2.45) is 5.10 Å². The second-order valence-corrected chi connectivity index (χ2v) is 5.15. The number of hydrazone groups is 1. The molecule has 0 aliphatic heterocycles. The van der Waals surface area contributed by atoms with Crippen molar-refractivity contribution in [2.45, 2.75) is 6.18 Å². The summed E-state index contributed by atoms with van der Waals surface area (Å²) in [5.41, 5.74) is 2.96. The van der Waals surface area contributed by atoms with Crippen molar-refractivity contribution in [1.29, 1.82) is 0 Å². The Bertz CT molecular complexity index is 636. The van der Waals surface area contributed by atoms with E-state index in [2.05, 4.69) is 15.8 Å². The Hall–Kier alpha value is -1.93. The third-order valence-electron chi connectivity index (χ3n) is 2.37. The molecule has 3 nitrogen and oxygen atoms in total. The number of hydrogen-bond acceptors (Lipinski definition) is 3. The molecule has 0 fully saturated rings. The SMILES string of the molecule is FC(F)(F)c1cccc(NC(=S)N/N=C/c2ccsc2)c1. The fourth-order valence-corrected chi connectivity index (χ4v) is 2.23. The highest BCUT2D eigenvalue weighted by Gasteiger charge is 2.30. The van der Waals surface area contributed by atoms with Crippen LogP contribution in [-0.2, 0) is 6.18 Å². The van der Waals surface area contributed by atoms with Crippen LogP contribution in [0.4, 0.5) is 18.9 Å². The maximum Gasteiger partial charge on any atom is 0.416 e. The smallest absolute Gasteiger partial charge is 0.331 e. The fourth-order valence-electron chi connectivity index (χ4n) is 1.45. The molecular weight excluding hydrogens is 319 g/mol. The molecule has 0 amide bonds. The largest absolute Gasteiger partial charge is 0.416 e. The minimum Gasteiger partial charge on any atom is -0.331 e. The van der Waals surface area contributed by atoms with Gasteiger partial charge in [0, 0.05) is 11.3 Å². The standard InChI is InChI=1S/C13H10F3N3S2/c14-13(15,16)10-2-1-3-11(6-10)18-12(20)19-17-7-9-4-5-21-8-9/h1-8H,(H2,18,19,20)/b17-7+. The van der Waals surface area contributed by atoms with E-state index in [0.717, 1.165) is 17.7 Å². The van der Waals surface area contributed by atoms with E-state index >= 15 is 0 Å². The normalized spacial score (nSPS) is 11.6. The van der Waals surface area contributed by atoms with Gasteiger partial charge in [0.25, 0.3) is 0 Å². The molecule has 0 saturated heterocycles. The van der Waals surface area contributed by atoms with E-state index in [9.17, 15) is 13.2 Å². The molecule has 0 unspecified atom stereocenters. The van der Waals surface area contributed by atoms with Crippen LogP contribution in [0.25, 0.3) is 0 Å². The second-order valence-electron chi connectivity index (χ2n) is 3.96. The van der Waals surface area contributed by atoms with Gasteiger partial charge in [-0.05, 0) is 47.2 Å². The molecule has 0 atom stereocenters. The van der Waals surface area contributed by atoms with E-state index in [-0.39, 0.29) is 10.8 Å². The molecule has 2 aromatic rings. The molecule has 1 aromatic carbocycles. The Morgan fingerprint density at radius 1 is 1.29 bits per heavy atom. The van der Waals surface area contributed by atoms with Gasteiger partial charge in [0.15, 0.2) is 5.11 Å². The van der Waals surface area contributed by atoms with Crippen molar-refractivity contribution in [3.63, 3.8) is 0 Å². The van der Waals surface area contributed by atoms with E-state index < -0.39 is 11.7 Å². The predicted octanol–water partition coefficient (Wildman–Crippen LogP) is 4.09. The maximum atomic E-state index is 12.6. The molecule has 1 aromatic heterocycles. The highest BCUT2D eigenvalue weighted by atomic mass is 32.1. The summed E-state index contributed by atoms with van der Waals surface area (Å²) in [6.45, 7) is 0. The molecule has 0 spiro atoms. The number of thiocarbonyl (C=S) groups is 1. The zero-order valence-electron chi connectivity index (χ0n) is 10.5. The number of nitrogens with one attached hydrogen (secondary N) is 2. The summed E-state index contributed by atoms with van der Waals surface area (Å²) in [6, 6.07) is 6.65. The minimum atomic E-state index is -4.39. The van der Waals surface area contributed by atoms with E-state index in [1.54, 1.807) is 6.21 Å². The summed E-state index contributed by atoms with van der Waals surface area (Å²) in [5.74, 6) is 0. The van der Waals surface area contributed by atoms with E-state index in [1.807, 2.05) is 16.8 Å². The van der Waals surface area contributed by atoms with Crippen LogP contribution < -0.4 is 10.7 Å². The van der Waals surface area contributed by atoms with Crippen LogP contribution in [-0.4, -0.2) is 11.3 Å². The summed E-state index contributed by atoms with van der Waals surface area (Å²) in [5, 5.41) is 10.4. The first-order valence-corrected chi connectivity index (χ1v) is 7.10. The summed E-state index contributed by atoms with van der Waals surface area (Å²) in [7, 11) is 0. The number of anilines is 1. The first-order valence-electron chi connectivity index (χ1n) is 5.75. The highest BCUT2D eigenvalue weighted by molar-refractivity contribution is 7.80. The molecule has 110 valence electrons. The molecule has 0 radical (unpaired) electrons. The van der Waals surface area contributed by atoms with Crippen LogP contribution in [0.3, 0.4) is 0 Å². The van der Waals surface area contributed by atoms with Crippen molar-refractivity contribution < 1.29 is 13.2 Å². The Morgan fingerprint density at radius 2 is 2.10 bits per heavy atom. The molecule has 2 N–H and O–H groups in total. The molecule has 21 heavy (non-hydrogen) atoms. The van der Waals surface area contributed by atoms with E-state index in [1.165, 1.54) is 23.5 Å². The Labute approximate surface area is 128 Å². The minimum absolute atomic E-state index is 0.112. The van der Waals surface area contributed by atoms with Crippen LogP contribution in [0, 0.1) is 0 Å². The maximum absolute atomic E-state index is 12.6. The predicted molar refractivity (Wildman–Crippen MR) is 82.7 cm³/mol. The Balaban J connectivity index is 1.94. The van der Waals surface area contributed by atoms with Crippen LogP contribution in [0.5, 0.6) is 0 Å². The van der Waals surface area contributed by atoms with Crippen LogP contribution >= 0.6 is 23.6 Å². The van der Waals surface area contributed by atoms with Crippen molar-refractivity contribution in [2.75, 3.05) is 5.32 Å². The molecule has 0 aliphatic rings. The molecule has 2 rings (SSSR count). The molecule has 0 saturated carbocycles. The summed E-state index contributed by atoms with van der Waals surface area (Å²) in [6.07, 6.45) is -2.82. The average molecular weight is 329 g/mol.